The van der Waals surface area contributed by atoms with Crippen molar-refractivity contribution in [2.75, 3.05) is 13.2 Å². The Kier molecular flexibility index (Phi) is 10.4. The number of rotatable bonds is 14. The fourth-order valence-corrected chi connectivity index (χ4v) is 2.76. The molecule has 4 nitrogen and oxygen atoms in total. The van der Waals surface area contributed by atoms with Crippen LogP contribution in [0, 0.1) is 0 Å². The summed E-state index contributed by atoms with van der Waals surface area (Å²) in [7, 11) is 0. The van der Waals surface area contributed by atoms with Crippen LogP contribution in [0.5, 0.6) is 17.2 Å². The summed E-state index contributed by atoms with van der Waals surface area (Å²) in [5.74, 6) is 1.65. The Morgan fingerprint density at radius 2 is 1.34 bits per heavy atom. The lowest BCUT2D eigenvalue weighted by atomic mass is 10.2. The van der Waals surface area contributed by atoms with Crippen molar-refractivity contribution in [3.05, 3.63) is 66.7 Å². The lowest BCUT2D eigenvalue weighted by molar-refractivity contribution is 0.0734. The van der Waals surface area contributed by atoms with Crippen molar-refractivity contribution in [1.29, 1.82) is 0 Å². The van der Waals surface area contributed by atoms with Crippen molar-refractivity contribution in [3.8, 4) is 17.2 Å². The van der Waals surface area contributed by atoms with Crippen molar-refractivity contribution < 1.29 is 19.0 Å². The van der Waals surface area contributed by atoms with Gasteiger partial charge in [-0.25, -0.2) is 4.79 Å². The lowest BCUT2D eigenvalue weighted by Gasteiger charge is -2.09. The monoisotopic (exact) mass is 396 g/mol. The van der Waals surface area contributed by atoms with Crippen LogP contribution in [-0.4, -0.2) is 19.2 Å². The summed E-state index contributed by atoms with van der Waals surface area (Å²) < 4.78 is 16.8. The molecule has 2 aromatic rings. The molecule has 0 aliphatic carbocycles. The van der Waals surface area contributed by atoms with Gasteiger partial charge in [0.15, 0.2) is 0 Å². The standard InChI is InChI=1S/C25H32O4/c1-3-5-7-8-10-20-28-22-13-11-21(12-14-22)25(26)29-24-17-15-23(16-18-24)27-19-9-6-4-2/h3,11-18H,1,4-10,19-20H2,2H3. The summed E-state index contributed by atoms with van der Waals surface area (Å²) in [5, 5.41) is 0. The highest BCUT2D eigenvalue weighted by Crippen LogP contribution is 2.20. The van der Waals surface area contributed by atoms with Gasteiger partial charge in [-0.1, -0.05) is 25.8 Å². The van der Waals surface area contributed by atoms with Gasteiger partial charge < -0.3 is 14.2 Å². The number of unbranched alkanes of at least 4 members (excludes halogenated alkanes) is 5. The fourth-order valence-electron chi connectivity index (χ4n) is 2.76. The molecule has 0 saturated heterocycles. The van der Waals surface area contributed by atoms with Crippen molar-refractivity contribution >= 4 is 5.97 Å². The van der Waals surface area contributed by atoms with E-state index in [-0.39, 0.29) is 0 Å². The smallest absolute Gasteiger partial charge is 0.343 e. The number of carbonyl (C=O) groups excluding carboxylic acids is 1. The third kappa shape index (κ3) is 8.86. The molecule has 0 amide bonds. The number of ether oxygens (including phenoxy) is 3. The van der Waals surface area contributed by atoms with Crippen LogP contribution in [0.15, 0.2) is 61.2 Å². The van der Waals surface area contributed by atoms with Gasteiger partial charge in [0.25, 0.3) is 0 Å². The van der Waals surface area contributed by atoms with Crippen LogP contribution in [-0.2, 0) is 0 Å². The third-order valence-corrected chi connectivity index (χ3v) is 4.46. The Labute approximate surface area is 174 Å². The topological polar surface area (TPSA) is 44.8 Å². The van der Waals surface area contributed by atoms with Gasteiger partial charge in [-0.15, -0.1) is 6.58 Å². The second-order valence-electron chi connectivity index (χ2n) is 6.93. The molecular weight excluding hydrogens is 364 g/mol. The maximum absolute atomic E-state index is 12.3. The minimum atomic E-state index is -0.391. The minimum Gasteiger partial charge on any atom is -0.494 e. The molecule has 29 heavy (non-hydrogen) atoms. The van der Waals surface area contributed by atoms with Crippen molar-refractivity contribution in [2.24, 2.45) is 0 Å². The summed E-state index contributed by atoms with van der Waals surface area (Å²) in [4.78, 5) is 12.3. The molecule has 2 rings (SSSR count). The van der Waals surface area contributed by atoms with E-state index in [4.69, 9.17) is 14.2 Å². The molecule has 0 saturated carbocycles. The molecule has 0 radical (unpaired) electrons. The number of hydrogen-bond acceptors (Lipinski definition) is 4. The maximum atomic E-state index is 12.3. The van der Waals surface area contributed by atoms with E-state index in [9.17, 15) is 4.79 Å². The molecule has 0 spiro atoms. The first-order valence-corrected chi connectivity index (χ1v) is 10.5. The van der Waals surface area contributed by atoms with E-state index in [1.165, 1.54) is 6.42 Å². The van der Waals surface area contributed by atoms with Crippen molar-refractivity contribution in [3.63, 3.8) is 0 Å². The highest BCUT2D eigenvalue weighted by Gasteiger charge is 2.09. The summed E-state index contributed by atoms with van der Waals surface area (Å²) in [6.07, 6.45) is 9.64. The average molecular weight is 397 g/mol. The molecule has 0 fully saturated rings. The van der Waals surface area contributed by atoms with Crippen LogP contribution in [0.25, 0.3) is 0 Å². The average Bonchev–Trinajstić information content (AvgIpc) is 2.75. The Balaban J connectivity index is 1.74. The van der Waals surface area contributed by atoms with Gasteiger partial charge in [-0.2, -0.15) is 0 Å². The van der Waals surface area contributed by atoms with E-state index < -0.39 is 5.97 Å². The van der Waals surface area contributed by atoms with Gasteiger partial charge in [0.1, 0.15) is 17.2 Å². The largest absolute Gasteiger partial charge is 0.494 e. The second kappa shape index (κ2) is 13.4. The molecule has 0 aromatic heterocycles. The van der Waals surface area contributed by atoms with Gasteiger partial charge >= 0.3 is 5.97 Å². The third-order valence-electron chi connectivity index (χ3n) is 4.46. The minimum absolute atomic E-state index is 0.391. The number of benzene rings is 2. The summed E-state index contributed by atoms with van der Waals surface area (Å²) in [5.41, 5.74) is 0.489. The van der Waals surface area contributed by atoms with E-state index in [2.05, 4.69) is 13.5 Å². The normalized spacial score (nSPS) is 10.4. The van der Waals surface area contributed by atoms with E-state index in [1.54, 1.807) is 36.4 Å². The molecule has 0 atom stereocenters. The highest BCUT2D eigenvalue weighted by atomic mass is 16.5. The van der Waals surface area contributed by atoms with Gasteiger partial charge in [-0.3, -0.25) is 0 Å². The Bertz CT molecular complexity index is 719. The summed E-state index contributed by atoms with van der Waals surface area (Å²) >= 11 is 0. The van der Waals surface area contributed by atoms with E-state index in [0.717, 1.165) is 50.0 Å². The molecule has 4 heteroatoms. The van der Waals surface area contributed by atoms with Crippen LogP contribution in [0.2, 0.25) is 0 Å². The predicted molar refractivity (Wildman–Crippen MR) is 117 cm³/mol. The predicted octanol–water partition coefficient (Wildman–Crippen LogP) is 6.60. The Morgan fingerprint density at radius 1 is 0.793 bits per heavy atom. The molecule has 0 N–H and O–H groups in total. The molecule has 0 heterocycles. The van der Waals surface area contributed by atoms with E-state index in [0.29, 0.717) is 24.5 Å². The molecule has 0 aliphatic heterocycles. The van der Waals surface area contributed by atoms with Crippen LogP contribution in [0.1, 0.15) is 62.2 Å². The number of carbonyl (C=O) groups is 1. The first kappa shape index (κ1) is 22.5. The number of allylic oxidation sites excluding steroid dienone is 1. The molecule has 156 valence electrons. The van der Waals surface area contributed by atoms with Gasteiger partial charge in [0.05, 0.1) is 18.8 Å². The number of hydrogen-bond donors (Lipinski definition) is 0. The van der Waals surface area contributed by atoms with Gasteiger partial charge in [0.2, 0.25) is 0 Å². The highest BCUT2D eigenvalue weighted by molar-refractivity contribution is 5.91. The molecule has 0 unspecified atom stereocenters. The number of esters is 1. The van der Waals surface area contributed by atoms with E-state index in [1.807, 2.05) is 18.2 Å². The maximum Gasteiger partial charge on any atom is 0.343 e. The summed E-state index contributed by atoms with van der Waals surface area (Å²) in [6, 6.07) is 14.2. The molecule has 2 aromatic carbocycles. The second-order valence-corrected chi connectivity index (χ2v) is 6.93. The lowest BCUT2D eigenvalue weighted by Crippen LogP contribution is -2.08. The van der Waals surface area contributed by atoms with E-state index >= 15 is 0 Å². The SMILES string of the molecule is C=CCCCCCOc1ccc(C(=O)Oc2ccc(OCCCCC)cc2)cc1. The zero-order valence-corrected chi connectivity index (χ0v) is 17.4. The van der Waals surface area contributed by atoms with Crippen molar-refractivity contribution in [2.45, 2.75) is 51.9 Å². The fraction of sp³-hybridized carbons (Fsp3) is 0.400. The first-order valence-electron chi connectivity index (χ1n) is 10.5. The zero-order chi connectivity index (χ0) is 20.7. The first-order chi connectivity index (χ1) is 14.2. The summed E-state index contributed by atoms with van der Waals surface area (Å²) in [6.45, 7) is 7.26. The zero-order valence-electron chi connectivity index (χ0n) is 17.4. The van der Waals surface area contributed by atoms with Gasteiger partial charge in [0, 0.05) is 0 Å². The molecular formula is C25H32O4. The molecule has 0 aliphatic rings. The van der Waals surface area contributed by atoms with Crippen LogP contribution in [0.3, 0.4) is 0 Å². The van der Waals surface area contributed by atoms with Gasteiger partial charge in [-0.05, 0) is 80.6 Å². The Morgan fingerprint density at radius 3 is 1.93 bits per heavy atom. The molecule has 0 bridgehead atoms. The Hall–Kier alpha value is -2.75. The van der Waals surface area contributed by atoms with Crippen LogP contribution < -0.4 is 14.2 Å². The van der Waals surface area contributed by atoms with Crippen LogP contribution >= 0.6 is 0 Å². The van der Waals surface area contributed by atoms with Crippen molar-refractivity contribution in [1.82, 2.24) is 0 Å². The van der Waals surface area contributed by atoms with Crippen LogP contribution in [0.4, 0.5) is 0 Å². The quantitative estimate of drug-likeness (QED) is 0.156.